The van der Waals surface area contributed by atoms with Gasteiger partial charge >= 0.3 is 12.0 Å². The normalized spacial score (nSPS) is 22.1. The van der Waals surface area contributed by atoms with Gasteiger partial charge in [0.05, 0.1) is 0 Å². The highest BCUT2D eigenvalue weighted by Gasteiger charge is 2.31. The Morgan fingerprint density at radius 3 is 2.53 bits per heavy atom. The average molecular weight is 271 g/mol. The van der Waals surface area contributed by atoms with Crippen molar-refractivity contribution >= 4 is 12.0 Å². The summed E-state index contributed by atoms with van der Waals surface area (Å²) in [6, 6.07) is -0.0978. The number of amides is 2. The number of aliphatic carboxylic acids is 1. The molecular weight excluding hydrogens is 246 g/mol. The maximum absolute atomic E-state index is 12.5. The van der Waals surface area contributed by atoms with E-state index in [-0.39, 0.29) is 24.7 Å². The molecule has 0 aromatic heterocycles. The van der Waals surface area contributed by atoms with Crippen molar-refractivity contribution in [3.63, 3.8) is 0 Å². The van der Waals surface area contributed by atoms with Gasteiger partial charge in [-0.05, 0) is 27.3 Å². The quantitative estimate of drug-likeness (QED) is 0.826. The zero-order chi connectivity index (χ0) is 14.6. The molecule has 0 saturated carbocycles. The minimum absolute atomic E-state index is 0.0598. The van der Waals surface area contributed by atoms with E-state index in [1.54, 1.807) is 4.90 Å². The van der Waals surface area contributed by atoms with E-state index in [1.165, 1.54) is 4.90 Å². The molecule has 1 aliphatic heterocycles. The van der Waals surface area contributed by atoms with Crippen LogP contribution in [0.15, 0.2) is 0 Å². The van der Waals surface area contributed by atoms with Crippen molar-refractivity contribution in [2.24, 2.45) is 0 Å². The number of carboxylic acids is 1. The molecule has 1 N–H and O–H groups in total. The Hall–Kier alpha value is -1.30. The van der Waals surface area contributed by atoms with Crippen LogP contribution in [0.3, 0.4) is 0 Å². The van der Waals surface area contributed by atoms with E-state index in [4.69, 9.17) is 5.11 Å². The summed E-state index contributed by atoms with van der Waals surface area (Å²) in [5.41, 5.74) is 0. The van der Waals surface area contributed by atoms with Gasteiger partial charge in [-0.1, -0.05) is 6.92 Å². The minimum atomic E-state index is -0.963. The topological polar surface area (TPSA) is 64.1 Å². The molecule has 0 spiro atoms. The largest absolute Gasteiger partial charge is 0.480 e. The molecule has 6 nitrogen and oxygen atoms in total. The van der Waals surface area contributed by atoms with Crippen LogP contribution in [0.1, 0.15) is 27.2 Å². The van der Waals surface area contributed by atoms with E-state index in [2.05, 4.69) is 4.90 Å². The number of likely N-dealkylation sites (N-methyl/N-ethyl adjacent to an activating group) is 1. The molecule has 2 unspecified atom stereocenters. The molecule has 0 bridgehead atoms. The molecule has 1 fully saturated rings. The van der Waals surface area contributed by atoms with E-state index >= 15 is 0 Å². The van der Waals surface area contributed by atoms with E-state index in [9.17, 15) is 9.59 Å². The van der Waals surface area contributed by atoms with Crippen molar-refractivity contribution in [1.29, 1.82) is 0 Å². The Balaban J connectivity index is 2.78. The number of carbonyl (C=O) groups excluding carboxylic acids is 1. The number of rotatable bonds is 4. The number of urea groups is 1. The molecular formula is C13H25N3O3. The van der Waals surface area contributed by atoms with Crippen LogP contribution in [0.25, 0.3) is 0 Å². The van der Waals surface area contributed by atoms with Crippen molar-refractivity contribution in [3.8, 4) is 0 Å². The zero-order valence-electron chi connectivity index (χ0n) is 12.3. The molecule has 1 aliphatic rings. The van der Waals surface area contributed by atoms with Crippen LogP contribution in [0.5, 0.6) is 0 Å². The van der Waals surface area contributed by atoms with Crippen molar-refractivity contribution in [3.05, 3.63) is 0 Å². The molecule has 1 rings (SSSR count). The van der Waals surface area contributed by atoms with Gasteiger partial charge in [-0.25, -0.2) is 4.79 Å². The smallest absolute Gasteiger partial charge is 0.323 e. The van der Waals surface area contributed by atoms with Crippen molar-refractivity contribution in [2.75, 3.05) is 33.2 Å². The van der Waals surface area contributed by atoms with E-state index < -0.39 is 5.97 Å². The molecule has 2 amide bonds. The number of hydrogen-bond donors (Lipinski definition) is 1. The second-order valence-corrected chi connectivity index (χ2v) is 5.37. The Kier molecular flexibility index (Phi) is 5.60. The third-order valence-electron chi connectivity index (χ3n) is 3.75. The van der Waals surface area contributed by atoms with Crippen molar-refractivity contribution in [2.45, 2.75) is 39.3 Å². The summed E-state index contributed by atoms with van der Waals surface area (Å²) in [6.45, 7) is 7.94. The predicted octanol–water partition coefficient (Wildman–Crippen LogP) is 0.927. The predicted molar refractivity (Wildman–Crippen MR) is 73.2 cm³/mol. The molecule has 19 heavy (non-hydrogen) atoms. The Morgan fingerprint density at radius 1 is 1.42 bits per heavy atom. The highest BCUT2D eigenvalue weighted by molar-refractivity contribution is 5.80. The monoisotopic (exact) mass is 271 g/mol. The van der Waals surface area contributed by atoms with Crippen LogP contribution in [0.2, 0.25) is 0 Å². The summed E-state index contributed by atoms with van der Waals surface area (Å²) in [5, 5.41) is 8.96. The fourth-order valence-corrected chi connectivity index (χ4v) is 2.37. The standard InChI is InChI=1S/C13H25N3O3/c1-5-10(2)16(9-12(17)18)13(19)15-7-6-14(4)8-11(15)3/h10-11H,5-9H2,1-4H3,(H,17,18). The van der Waals surface area contributed by atoms with Gasteiger partial charge in [0.15, 0.2) is 0 Å². The fraction of sp³-hybridized carbons (Fsp3) is 0.846. The van der Waals surface area contributed by atoms with Gasteiger partial charge in [0.2, 0.25) is 0 Å². The van der Waals surface area contributed by atoms with Crippen LogP contribution < -0.4 is 0 Å². The van der Waals surface area contributed by atoms with E-state index in [0.717, 1.165) is 19.5 Å². The maximum atomic E-state index is 12.5. The first-order chi connectivity index (χ1) is 8.86. The number of carbonyl (C=O) groups is 2. The molecule has 110 valence electrons. The Labute approximate surface area is 115 Å². The second kappa shape index (κ2) is 6.75. The van der Waals surface area contributed by atoms with Gasteiger partial charge < -0.3 is 19.8 Å². The summed E-state index contributed by atoms with van der Waals surface area (Å²) in [5.74, 6) is -0.963. The molecule has 2 atom stereocenters. The van der Waals surface area contributed by atoms with Crippen molar-refractivity contribution in [1.82, 2.24) is 14.7 Å². The van der Waals surface area contributed by atoms with Crippen LogP contribution in [0.4, 0.5) is 4.79 Å². The SMILES string of the molecule is CCC(C)N(CC(=O)O)C(=O)N1CCN(C)CC1C. The lowest BCUT2D eigenvalue weighted by Crippen LogP contribution is -2.58. The van der Waals surface area contributed by atoms with Gasteiger partial charge in [0.1, 0.15) is 6.54 Å². The average Bonchev–Trinajstić information content (AvgIpc) is 2.34. The highest BCUT2D eigenvalue weighted by Crippen LogP contribution is 2.14. The number of carboxylic acid groups (broad SMARTS) is 1. The molecule has 0 radical (unpaired) electrons. The Morgan fingerprint density at radius 2 is 2.05 bits per heavy atom. The lowest BCUT2D eigenvalue weighted by molar-refractivity contribution is -0.138. The molecule has 6 heteroatoms. The highest BCUT2D eigenvalue weighted by atomic mass is 16.4. The third-order valence-corrected chi connectivity index (χ3v) is 3.75. The molecule has 0 aromatic carbocycles. The van der Waals surface area contributed by atoms with Gasteiger partial charge in [-0.3, -0.25) is 4.79 Å². The number of hydrogen-bond acceptors (Lipinski definition) is 3. The van der Waals surface area contributed by atoms with Crippen LogP contribution in [0, 0.1) is 0 Å². The maximum Gasteiger partial charge on any atom is 0.323 e. The first-order valence-corrected chi connectivity index (χ1v) is 6.84. The van der Waals surface area contributed by atoms with Crippen molar-refractivity contribution < 1.29 is 14.7 Å². The third kappa shape index (κ3) is 4.09. The number of piperazine rings is 1. The summed E-state index contributed by atoms with van der Waals surface area (Å²) >= 11 is 0. The Bertz CT molecular complexity index is 335. The minimum Gasteiger partial charge on any atom is -0.480 e. The lowest BCUT2D eigenvalue weighted by Gasteiger charge is -2.41. The summed E-state index contributed by atoms with van der Waals surface area (Å²) < 4.78 is 0. The summed E-state index contributed by atoms with van der Waals surface area (Å²) in [7, 11) is 2.03. The van der Waals surface area contributed by atoms with Crippen LogP contribution >= 0.6 is 0 Å². The fourth-order valence-electron chi connectivity index (χ4n) is 2.37. The zero-order valence-corrected chi connectivity index (χ0v) is 12.3. The van der Waals surface area contributed by atoms with Gasteiger partial charge in [-0.2, -0.15) is 0 Å². The van der Waals surface area contributed by atoms with Gasteiger partial charge in [-0.15, -0.1) is 0 Å². The first-order valence-electron chi connectivity index (χ1n) is 6.84. The number of nitrogens with zero attached hydrogens (tertiary/aromatic N) is 3. The van der Waals surface area contributed by atoms with Gasteiger partial charge in [0.25, 0.3) is 0 Å². The lowest BCUT2D eigenvalue weighted by atomic mass is 10.2. The molecule has 0 aromatic rings. The van der Waals surface area contributed by atoms with E-state index in [0.29, 0.717) is 6.54 Å². The molecule has 0 aliphatic carbocycles. The molecule has 1 saturated heterocycles. The molecule has 1 heterocycles. The second-order valence-electron chi connectivity index (χ2n) is 5.37. The van der Waals surface area contributed by atoms with E-state index in [1.807, 2.05) is 27.8 Å². The van der Waals surface area contributed by atoms with Crippen LogP contribution in [-0.4, -0.2) is 77.1 Å². The first kappa shape index (κ1) is 15.8. The van der Waals surface area contributed by atoms with Crippen LogP contribution in [-0.2, 0) is 4.79 Å². The summed E-state index contributed by atoms with van der Waals surface area (Å²) in [4.78, 5) is 28.9. The summed E-state index contributed by atoms with van der Waals surface area (Å²) in [6.07, 6.45) is 0.751. The van der Waals surface area contributed by atoms with Gasteiger partial charge in [0, 0.05) is 31.7 Å².